The first-order valence-corrected chi connectivity index (χ1v) is 12.2. The van der Waals surface area contributed by atoms with Crippen LogP contribution in [0.1, 0.15) is 67.8 Å². The minimum absolute atomic E-state index is 0.0894. The minimum Gasteiger partial charge on any atom is -0.482 e. The van der Waals surface area contributed by atoms with Crippen LogP contribution in [0.2, 0.25) is 0 Å². The molecule has 0 aliphatic rings. The molecule has 2 aromatic rings. The number of Topliss-reactive ketones (excluding diaryl/α,β-unsaturated/α-hetero) is 1. The number of alkyl carbamates (subject to hydrolysis) is 1. The maximum atomic E-state index is 13.2. The summed E-state index contributed by atoms with van der Waals surface area (Å²) >= 11 is 0. The largest absolute Gasteiger partial charge is 0.482 e. The number of amidine groups is 1. The van der Waals surface area contributed by atoms with Gasteiger partial charge in [0.2, 0.25) is 0 Å². The quantitative estimate of drug-likeness (QED) is 0.200. The highest BCUT2D eigenvalue weighted by molar-refractivity contribution is 6.06. The van der Waals surface area contributed by atoms with Gasteiger partial charge < -0.3 is 24.6 Å². The number of ether oxygens (including phenoxy) is 3. The standard InChI is InChI=1S/C28H35N3O8/c1-27(2,3)38-15-21(23(34)17-11-13-20(14-12-17)37-16-22(32)33)30-25(35)19-9-7-18(8-10-19)24(29)31-26(36)39-28(4,5)6/h7-14,21H,15-16H2,1-6H3,(H,30,35)(H,32,33)(H2,29,31,36). The Labute approximate surface area is 227 Å². The average Bonchev–Trinajstić information content (AvgIpc) is 2.83. The van der Waals surface area contributed by atoms with Crippen LogP contribution in [0.15, 0.2) is 48.5 Å². The fourth-order valence-corrected chi connectivity index (χ4v) is 3.09. The Bertz CT molecular complexity index is 1190. The summed E-state index contributed by atoms with van der Waals surface area (Å²) in [7, 11) is 0. The summed E-state index contributed by atoms with van der Waals surface area (Å²) in [5.74, 6) is -1.98. The van der Waals surface area contributed by atoms with Crippen molar-refractivity contribution < 1.29 is 38.5 Å². The third kappa shape index (κ3) is 10.9. The number of aliphatic carboxylic acids is 1. The molecule has 0 spiro atoms. The summed E-state index contributed by atoms with van der Waals surface area (Å²) < 4.78 is 16.0. The predicted molar refractivity (Wildman–Crippen MR) is 144 cm³/mol. The maximum absolute atomic E-state index is 13.2. The molecule has 0 bridgehead atoms. The van der Waals surface area contributed by atoms with Gasteiger partial charge >= 0.3 is 12.1 Å². The van der Waals surface area contributed by atoms with Crippen molar-refractivity contribution >= 4 is 29.6 Å². The Balaban J connectivity index is 2.13. The van der Waals surface area contributed by atoms with Crippen molar-refractivity contribution in [3.63, 3.8) is 0 Å². The fraction of sp³-hybridized carbons (Fsp3) is 0.393. The first-order valence-electron chi connectivity index (χ1n) is 12.2. The first kappa shape index (κ1) is 31.0. The van der Waals surface area contributed by atoms with Gasteiger partial charge in [-0.1, -0.05) is 12.1 Å². The first-order chi connectivity index (χ1) is 18.0. The Hall–Kier alpha value is -4.25. The van der Waals surface area contributed by atoms with Crippen molar-refractivity contribution in [1.29, 1.82) is 5.41 Å². The summed E-state index contributed by atoms with van der Waals surface area (Å²) in [6.07, 6.45) is -0.768. The zero-order valence-corrected chi connectivity index (χ0v) is 22.9. The minimum atomic E-state index is -1.12. The van der Waals surface area contributed by atoms with Gasteiger partial charge in [0, 0.05) is 16.7 Å². The van der Waals surface area contributed by atoms with Crippen molar-refractivity contribution in [3.8, 4) is 5.75 Å². The second-order valence-corrected chi connectivity index (χ2v) is 10.6. The number of amides is 2. The van der Waals surface area contributed by atoms with E-state index in [1.165, 1.54) is 48.5 Å². The molecular weight excluding hydrogens is 506 g/mol. The van der Waals surface area contributed by atoms with E-state index in [9.17, 15) is 19.2 Å². The van der Waals surface area contributed by atoms with Crippen LogP contribution in [0.4, 0.5) is 4.79 Å². The van der Waals surface area contributed by atoms with Crippen molar-refractivity contribution in [3.05, 3.63) is 65.2 Å². The summed E-state index contributed by atoms with van der Waals surface area (Å²) in [6, 6.07) is 10.8. The zero-order valence-electron chi connectivity index (χ0n) is 22.9. The monoisotopic (exact) mass is 541 g/mol. The van der Waals surface area contributed by atoms with Gasteiger partial charge in [-0.3, -0.25) is 20.3 Å². The molecule has 2 aromatic carbocycles. The van der Waals surface area contributed by atoms with E-state index in [4.69, 9.17) is 24.7 Å². The van der Waals surface area contributed by atoms with E-state index in [1.54, 1.807) is 20.8 Å². The van der Waals surface area contributed by atoms with E-state index in [1.807, 2.05) is 20.8 Å². The molecule has 0 saturated heterocycles. The van der Waals surface area contributed by atoms with Crippen LogP contribution in [0.3, 0.4) is 0 Å². The van der Waals surface area contributed by atoms with Crippen molar-refractivity contribution in [1.82, 2.24) is 10.6 Å². The highest BCUT2D eigenvalue weighted by Gasteiger charge is 2.26. The van der Waals surface area contributed by atoms with E-state index in [0.29, 0.717) is 5.56 Å². The molecule has 0 fully saturated rings. The number of hydrogen-bond donors (Lipinski definition) is 4. The third-order valence-electron chi connectivity index (χ3n) is 4.87. The second-order valence-electron chi connectivity index (χ2n) is 10.6. The number of hydrogen-bond acceptors (Lipinski definition) is 8. The molecule has 0 aliphatic carbocycles. The summed E-state index contributed by atoms with van der Waals surface area (Å²) in [4.78, 5) is 48.8. The molecule has 0 aliphatic heterocycles. The number of carbonyl (C=O) groups excluding carboxylic acids is 3. The van der Waals surface area contributed by atoms with Crippen LogP contribution in [0.25, 0.3) is 0 Å². The Morgan fingerprint density at radius 3 is 1.90 bits per heavy atom. The molecule has 39 heavy (non-hydrogen) atoms. The Morgan fingerprint density at radius 2 is 1.38 bits per heavy atom. The van der Waals surface area contributed by atoms with Gasteiger partial charge in [-0.25, -0.2) is 9.59 Å². The van der Waals surface area contributed by atoms with Gasteiger partial charge in [-0.05, 0) is 77.9 Å². The number of rotatable bonds is 10. The lowest BCUT2D eigenvalue weighted by Gasteiger charge is -2.24. The van der Waals surface area contributed by atoms with Crippen LogP contribution >= 0.6 is 0 Å². The molecule has 4 N–H and O–H groups in total. The number of ketones is 1. The molecular formula is C28H35N3O8. The van der Waals surface area contributed by atoms with E-state index in [2.05, 4.69) is 10.6 Å². The van der Waals surface area contributed by atoms with Gasteiger partial charge in [0.1, 0.15) is 23.2 Å². The Morgan fingerprint density at radius 1 is 0.846 bits per heavy atom. The van der Waals surface area contributed by atoms with Gasteiger partial charge in [0.25, 0.3) is 5.91 Å². The number of benzene rings is 2. The van der Waals surface area contributed by atoms with E-state index in [0.717, 1.165) is 0 Å². The van der Waals surface area contributed by atoms with Crippen LogP contribution in [0.5, 0.6) is 5.75 Å². The lowest BCUT2D eigenvalue weighted by atomic mass is 10.0. The third-order valence-corrected chi connectivity index (χ3v) is 4.87. The Kier molecular flexibility index (Phi) is 10.3. The molecule has 11 nitrogen and oxygen atoms in total. The highest BCUT2D eigenvalue weighted by Crippen LogP contribution is 2.16. The predicted octanol–water partition coefficient (Wildman–Crippen LogP) is 3.80. The molecule has 1 unspecified atom stereocenters. The van der Waals surface area contributed by atoms with Gasteiger partial charge in [0.05, 0.1) is 12.2 Å². The van der Waals surface area contributed by atoms with Gasteiger partial charge in [-0.2, -0.15) is 0 Å². The fourth-order valence-electron chi connectivity index (χ4n) is 3.09. The van der Waals surface area contributed by atoms with E-state index in [-0.39, 0.29) is 29.3 Å². The van der Waals surface area contributed by atoms with Crippen LogP contribution < -0.4 is 15.4 Å². The van der Waals surface area contributed by atoms with Crippen molar-refractivity contribution in [2.75, 3.05) is 13.2 Å². The summed E-state index contributed by atoms with van der Waals surface area (Å²) in [6.45, 7) is 9.99. The number of carboxylic acids is 1. The molecule has 0 aromatic heterocycles. The topological polar surface area (TPSA) is 164 Å². The normalized spacial score (nSPS) is 12.2. The lowest BCUT2D eigenvalue weighted by Crippen LogP contribution is -2.45. The summed E-state index contributed by atoms with van der Waals surface area (Å²) in [5, 5.41) is 21.9. The summed E-state index contributed by atoms with van der Waals surface area (Å²) in [5.41, 5.74) is -0.424. The SMILES string of the molecule is CC(C)(C)OCC(NC(=O)c1ccc(C(=N)NC(=O)OC(C)(C)C)cc1)C(=O)c1ccc(OCC(=O)O)cc1. The van der Waals surface area contributed by atoms with E-state index < -0.39 is 47.6 Å². The van der Waals surface area contributed by atoms with Crippen LogP contribution in [-0.2, 0) is 14.3 Å². The van der Waals surface area contributed by atoms with Gasteiger partial charge in [-0.15, -0.1) is 0 Å². The van der Waals surface area contributed by atoms with Crippen LogP contribution in [0, 0.1) is 5.41 Å². The average molecular weight is 542 g/mol. The molecule has 210 valence electrons. The number of carbonyl (C=O) groups is 4. The highest BCUT2D eigenvalue weighted by atomic mass is 16.6. The van der Waals surface area contributed by atoms with E-state index >= 15 is 0 Å². The van der Waals surface area contributed by atoms with Gasteiger partial charge in [0.15, 0.2) is 12.4 Å². The smallest absolute Gasteiger partial charge is 0.413 e. The molecule has 0 saturated carbocycles. The van der Waals surface area contributed by atoms with Crippen molar-refractivity contribution in [2.45, 2.75) is 58.8 Å². The number of nitrogens with one attached hydrogen (secondary N) is 3. The molecule has 0 radical (unpaired) electrons. The zero-order chi connectivity index (χ0) is 29.4. The van der Waals surface area contributed by atoms with Crippen LogP contribution in [-0.4, -0.2) is 65.2 Å². The molecule has 2 rings (SSSR count). The molecule has 0 heterocycles. The molecule has 2 amide bonds. The number of carboxylic acid groups (broad SMARTS) is 1. The molecule has 11 heteroatoms. The molecule has 1 atom stereocenters. The lowest BCUT2D eigenvalue weighted by molar-refractivity contribution is -0.139. The maximum Gasteiger partial charge on any atom is 0.413 e. The van der Waals surface area contributed by atoms with Crippen molar-refractivity contribution in [2.24, 2.45) is 0 Å². The second kappa shape index (κ2) is 13.0.